The zero-order valence-electron chi connectivity index (χ0n) is 11.8. The molecule has 0 aliphatic rings. The van der Waals surface area contributed by atoms with Gasteiger partial charge in [0.15, 0.2) is 6.10 Å². The fourth-order valence-electron chi connectivity index (χ4n) is 2.01. The van der Waals surface area contributed by atoms with Gasteiger partial charge in [0.1, 0.15) is 6.54 Å². The van der Waals surface area contributed by atoms with Crippen LogP contribution in [-0.4, -0.2) is 32.7 Å². The van der Waals surface area contributed by atoms with E-state index in [0.717, 1.165) is 5.56 Å². The smallest absolute Gasteiger partial charge is 0.256 e. The number of aliphatic hydroxyl groups is 1. The summed E-state index contributed by atoms with van der Waals surface area (Å²) in [5, 5.41) is 14.2. The number of hydrogen-bond donors (Lipinski definition) is 1. The average molecular weight is 283 g/mol. The maximum Gasteiger partial charge on any atom is 0.256 e. The summed E-state index contributed by atoms with van der Waals surface area (Å²) >= 11 is 0. The number of hydrogen-bond acceptors (Lipinski definition) is 3. The van der Waals surface area contributed by atoms with Crippen LogP contribution < -0.4 is 0 Å². The molecule has 1 heterocycles. The number of rotatable bonds is 5. The predicted molar refractivity (Wildman–Crippen MR) is 78.9 cm³/mol. The van der Waals surface area contributed by atoms with E-state index in [1.807, 2.05) is 6.07 Å². The van der Waals surface area contributed by atoms with Gasteiger partial charge in [0, 0.05) is 25.4 Å². The molecule has 0 saturated carbocycles. The highest BCUT2D eigenvalue weighted by atomic mass is 16.3. The molecule has 108 valence electrons. The van der Waals surface area contributed by atoms with Gasteiger partial charge in [0.2, 0.25) is 0 Å². The number of aliphatic hydroxyl groups excluding tert-OH is 1. The Morgan fingerprint density at radius 3 is 2.86 bits per heavy atom. The molecular weight excluding hydrogens is 266 g/mol. The SMILES string of the molecule is C#CCn1cc(CN(C)C(=O)C(O)c2ccccc2)cn1. The molecule has 0 spiro atoms. The van der Waals surface area contributed by atoms with E-state index in [4.69, 9.17) is 6.42 Å². The Kier molecular flexibility index (Phi) is 4.75. The van der Waals surface area contributed by atoms with E-state index >= 15 is 0 Å². The van der Waals surface area contributed by atoms with E-state index in [2.05, 4.69) is 11.0 Å². The Morgan fingerprint density at radius 2 is 2.19 bits per heavy atom. The molecule has 1 atom stereocenters. The average Bonchev–Trinajstić information content (AvgIpc) is 2.94. The van der Waals surface area contributed by atoms with Crippen LogP contribution in [0.1, 0.15) is 17.2 Å². The third-order valence-electron chi connectivity index (χ3n) is 3.09. The third kappa shape index (κ3) is 3.71. The summed E-state index contributed by atoms with van der Waals surface area (Å²) in [5.41, 5.74) is 1.44. The topological polar surface area (TPSA) is 58.4 Å². The summed E-state index contributed by atoms with van der Waals surface area (Å²) in [7, 11) is 1.65. The normalized spacial score (nSPS) is 11.7. The van der Waals surface area contributed by atoms with Gasteiger partial charge in [-0.05, 0) is 5.56 Å². The van der Waals surface area contributed by atoms with Gasteiger partial charge in [-0.15, -0.1) is 6.42 Å². The first-order chi connectivity index (χ1) is 10.1. The molecule has 5 nitrogen and oxygen atoms in total. The molecule has 5 heteroatoms. The molecule has 1 unspecified atom stereocenters. The Hall–Kier alpha value is -2.58. The van der Waals surface area contributed by atoms with Gasteiger partial charge in [-0.1, -0.05) is 36.3 Å². The minimum atomic E-state index is -1.16. The van der Waals surface area contributed by atoms with Crippen LogP contribution in [0.5, 0.6) is 0 Å². The van der Waals surface area contributed by atoms with Crippen LogP contribution in [0.4, 0.5) is 0 Å². The molecule has 0 aliphatic carbocycles. The van der Waals surface area contributed by atoms with E-state index in [1.54, 1.807) is 48.4 Å². The third-order valence-corrected chi connectivity index (χ3v) is 3.09. The van der Waals surface area contributed by atoms with Crippen molar-refractivity contribution in [1.82, 2.24) is 14.7 Å². The molecule has 1 N–H and O–H groups in total. The first-order valence-electron chi connectivity index (χ1n) is 6.54. The van der Waals surface area contributed by atoms with Crippen molar-refractivity contribution in [2.75, 3.05) is 7.05 Å². The molecule has 1 amide bonds. The largest absolute Gasteiger partial charge is 0.378 e. The van der Waals surface area contributed by atoms with Crippen molar-refractivity contribution in [2.45, 2.75) is 19.2 Å². The van der Waals surface area contributed by atoms with Crippen molar-refractivity contribution in [1.29, 1.82) is 0 Å². The molecular formula is C16H17N3O2. The van der Waals surface area contributed by atoms with Crippen LogP contribution in [-0.2, 0) is 17.9 Å². The second kappa shape index (κ2) is 6.73. The summed E-state index contributed by atoms with van der Waals surface area (Å²) in [5.74, 6) is 2.14. The van der Waals surface area contributed by atoms with Crippen molar-refractivity contribution < 1.29 is 9.90 Å². The predicted octanol–water partition coefficient (Wildman–Crippen LogP) is 1.21. The molecule has 1 aromatic carbocycles. The first-order valence-corrected chi connectivity index (χ1v) is 6.54. The zero-order chi connectivity index (χ0) is 15.2. The minimum Gasteiger partial charge on any atom is -0.378 e. The van der Waals surface area contributed by atoms with Gasteiger partial charge in [-0.25, -0.2) is 0 Å². The molecule has 0 bridgehead atoms. The minimum absolute atomic E-state index is 0.356. The van der Waals surface area contributed by atoms with Gasteiger partial charge in [-0.3, -0.25) is 9.48 Å². The first kappa shape index (κ1) is 14.8. The maximum atomic E-state index is 12.2. The quantitative estimate of drug-likeness (QED) is 0.839. The van der Waals surface area contributed by atoms with Crippen LogP contribution in [0.25, 0.3) is 0 Å². The van der Waals surface area contributed by atoms with Crippen LogP contribution in [0.15, 0.2) is 42.7 Å². The second-order valence-corrected chi connectivity index (χ2v) is 4.76. The lowest BCUT2D eigenvalue weighted by atomic mass is 10.1. The van der Waals surface area contributed by atoms with E-state index in [0.29, 0.717) is 18.7 Å². The lowest BCUT2D eigenvalue weighted by molar-refractivity contribution is -0.139. The molecule has 2 aromatic rings. The van der Waals surface area contributed by atoms with Gasteiger partial charge < -0.3 is 10.0 Å². The van der Waals surface area contributed by atoms with Crippen LogP contribution in [0.2, 0.25) is 0 Å². The van der Waals surface area contributed by atoms with E-state index in [-0.39, 0.29) is 5.91 Å². The number of benzene rings is 1. The highest BCUT2D eigenvalue weighted by Crippen LogP contribution is 2.15. The summed E-state index contributed by atoms with van der Waals surface area (Å²) in [6.07, 6.45) is 7.51. The van der Waals surface area contributed by atoms with Gasteiger partial charge in [-0.2, -0.15) is 5.10 Å². The molecule has 21 heavy (non-hydrogen) atoms. The van der Waals surface area contributed by atoms with Crippen molar-refractivity contribution in [2.24, 2.45) is 0 Å². The van der Waals surface area contributed by atoms with Crippen LogP contribution >= 0.6 is 0 Å². The summed E-state index contributed by atoms with van der Waals surface area (Å²) in [4.78, 5) is 13.7. The van der Waals surface area contributed by atoms with Gasteiger partial charge in [0.05, 0.1) is 6.20 Å². The molecule has 1 aromatic heterocycles. The van der Waals surface area contributed by atoms with Crippen molar-refractivity contribution in [3.8, 4) is 12.3 Å². The monoisotopic (exact) mass is 283 g/mol. The van der Waals surface area contributed by atoms with E-state index < -0.39 is 6.10 Å². The maximum absolute atomic E-state index is 12.2. The van der Waals surface area contributed by atoms with Crippen LogP contribution in [0, 0.1) is 12.3 Å². The molecule has 0 saturated heterocycles. The van der Waals surface area contributed by atoms with Crippen molar-refractivity contribution in [3.63, 3.8) is 0 Å². The fraction of sp³-hybridized carbons (Fsp3) is 0.250. The summed E-state index contributed by atoms with van der Waals surface area (Å²) in [6, 6.07) is 8.86. The van der Waals surface area contributed by atoms with E-state index in [9.17, 15) is 9.90 Å². The Morgan fingerprint density at radius 1 is 1.48 bits per heavy atom. The molecule has 0 radical (unpaired) electrons. The fourth-order valence-corrected chi connectivity index (χ4v) is 2.01. The standard InChI is InChI=1S/C16H17N3O2/c1-3-9-19-12-13(10-17-19)11-18(2)16(21)15(20)14-7-5-4-6-8-14/h1,4-8,10,12,15,20H,9,11H2,2H3. The number of carbonyl (C=O) groups excluding carboxylic acids is 1. The molecule has 2 rings (SSSR count). The van der Waals surface area contributed by atoms with Crippen molar-refractivity contribution in [3.05, 3.63) is 53.9 Å². The number of terminal acetylenes is 1. The lowest BCUT2D eigenvalue weighted by Crippen LogP contribution is -2.31. The number of amides is 1. The molecule has 0 aliphatic heterocycles. The zero-order valence-corrected chi connectivity index (χ0v) is 11.8. The summed E-state index contributed by atoms with van der Waals surface area (Å²) < 4.78 is 1.63. The van der Waals surface area contributed by atoms with Crippen molar-refractivity contribution >= 4 is 5.91 Å². The summed E-state index contributed by atoms with van der Waals surface area (Å²) in [6.45, 7) is 0.762. The Balaban J connectivity index is 2.00. The Bertz CT molecular complexity index is 643. The highest BCUT2D eigenvalue weighted by Gasteiger charge is 2.21. The van der Waals surface area contributed by atoms with E-state index in [1.165, 1.54) is 4.90 Å². The number of carbonyl (C=O) groups is 1. The number of aromatic nitrogens is 2. The lowest BCUT2D eigenvalue weighted by Gasteiger charge is -2.20. The van der Waals surface area contributed by atoms with Gasteiger partial charge in [0.25, 0.3) is 5.91 Å². The van der Waals surface area contributed by atoms with Crippen LogP contribution in [0.3, 0.4) is 0 Å². The number of likely N-dealkylation sites (N-methyl/N-ethyl adjacent to an activating group) is 1. The molecule has 0 fully saturated rings. The Labute approximate surface area is 123 Å². The highest BCUT2D eigenvalue weighted by molar-refractivity contribution is 5.81. The van der Waals surface area contributed by atoms with Gasteiger partial charge >= 0.3 is 0 Å². The second-order valence-electron chi connectivity index (χ2n) is 4.76. The number of nitrogens with zero attached hydrogens (tertiary/aromatic N) is 3.